The minimum absolute atomic E-state index is 0.0259. The van der Waals surface area contributed by atoms with Crippen LogP contribution in [0.5, 0.6) is 0 Å². The monoisotopic (exact) mass is 334 g/mol. The van der Waals surface area contributed by atoms with Crippen molar-refractivity contribution >= 4 is 5.97 Å². The molecule has 0 amide bonds. The molecule has 2 aliphatic carbocycles. The number of rotatable bonds is 6. The third-order valence-corrected chi connectivity index (χ3v) is 6.64. The molecule has 1 heterocycles. The van der Waals surface area contributed by atoms with E-state index in [0.29, 0.717) is 17.3 Å². The van der Waals surface area contributed by atoms with Crippen molar-refractivity contribution < 1.29 is 9.53 Å². The van der Waals surface area contributed by atoms with E-state index in [1.165, 1.54) is 24.8 Å². The summed E-state index contributed by atoms with van der Waals surface area (Å²) in [6.07, 6.45) is 7.04. The van der Waals surface area contributed by atoms with Crippen molar-refractivity contribution in [3.8, 4) is 0 Å². The highest BCUT2D eigenvalue weighted by molar-refractivity contribution is 5.75. The number of ether oxygens (including phenoxy) is 1. The van der Waals surface area contributed by atoms with Gasteiger partial charge in [0, 0.05) is 12.5 Å². The summed E-state index contributed by atoms with van der Waals surface area (Å²) < 4.78 is 5.81. The molecule has 2 saturated carbocycles. The van der Waals surface area contributed by atoms with Crippen LogP contribution in [-0.4, -0.2) is 50.7 Å². The molecule has 4 heteroatoms. The fourth-order valence-corrected chi connectivity index (χ4v) is 5.27. The van der Waals surface area contributed by atoms with Crippen LogP contribution in [0.15, 0.2) is 12.2 Å². The van der Waals surface area contributed by atoms with Gasteiger partial charge in [0.25, 0.3) is 0 Å². The molecule has 0 aromatic heterocycles. The normalized spacial score (nSPS) is 38.8. The van der Waals surface area contributed by atoms with Crippen LogP contribution in [0.3, 0.4) is 0 Å². The number of nitrogens with zero attached hydrogens (tertiary/aromatic N) is 1. The molecule has 3 rings (SSSR count). The van der Waals surface area contributed by atoms with Gasteiger partial charge in [-0.25, -0.2) is 0 Å². The summed E-state index contributed by atoms with van der Waals surface area (Å²) >= 11 is 0. The van der Waals surface area contributed by atoms with Crippen LogP contribution in [0, 0.1) is 23.2 Å². The molecule has 0 bridgehead atoms. The quantitative estimate of drug-likeness (QED) is 0.461. The second-order valence-corrected chi connectivity index (χ2v) is 8.76. The van der Waals surface area contributed by atoms with Gasteiger partial charge < -0.3 is 15.0 Å². The Morgan fingerprint density at radius 3 is 2.96 bits per heavy atom. The molecule has 4 nitrogen and oxygen atoms in total. The average Bonchev–Trinajstić information content (AvgIpc) is 2.79. The molecular formula is C20H34N2O2. The predicted octanol–water partition coefficient (Wildman–Crippen LogP) is 2.84. The van der Waals surface area contributed by atoms with Gasteiger partial charge in [-0.3, -0.25) is 4.79 Å². The molecule has 1 unspecified atom stereocenters. The minimum atomic E-state index is 0.0259. The summed E-state index contributed by atoms with van der Waals surface area (Å²) in [5, 5.41) is 3.49. The van der Waals surface area contributed by atoms with E-state index in [1.807, 2.05) is 0 Å². The summed E-state index contributed by atoms with van der Waals surface area (Å²) in [4.78, 5) is 14.6. The van der Waals surface area contributed by atoms with Crippen molar-refractivity contribution in [3.05, 3.63) is 12.2 Å². The molecule has 0 aromatic carbocycles. The Labute approximate surface area is 147 Å². The maximum absolute atomic E-state index is 12.4. The lowest BCUT2D eigenvalue weighted by atomic mass is 9.55. The first-order valence-corrected chi connectivity index (χ1v) is 9.64. The topological polar surface area (TPSA) is 41.6 Å². The average molecular weight is 335 g/mol. The first-order chi connectivity index (χ1) is 11.4. The number of nitrogens with one attached hydrogen (secondary N) is 1. The smallest absolute Gasteiger partial charge is 0.310 e. The zero-order valence-corrected chi connectivity index (χ0v) is 15.6. The summed E-state index contributed by atoms with van der Waals surface area (Å²) in [7, 11) is 4.18. The molecule has 0 spiro atoms. The van der Waals surface area contributed by atoms with Crippen molar-refractivity contribution in [1.82, 2.24) is 10.2 Å². The van der Waals surface area contributed by atoms with Crippen LogP contribution in [0.1, 0.15) is 45.4 Å². The molecule has 3 aliphatic rings. The third-order valence-electron chi connectivity index (χ3n) is 6.64. The number of carbonyl (C=O) groups excluding carboxylic acids is 1. The van der Waals surface area contributed by atoms with E-state index in [-0.39, 0.29) is 18.0 Å². The fourth-order valence-electron chi connectivity index (χ4n) is 5.27. The molecule has 0 aromatic rings. The minimum Gasteiger partial charge on any atom is -0.462 e. The van der Waals surface area contributed by atoms with Crippen molar-refractivity contribution in [1.29, 1.82) is 0 Å². The standard InChI is InChI=1S/C20H34N2O2/c1-14-7-5-8-20(2)12-18-15(11-17(14)20)16(19(23)24-18)13-21-9-6-10-22(3)4/h15-18,21H,1,5-13H2,2-4H3/t15?,16-,17-,18+,20+/m0/s1. The van der Waals surface area contributed by atoms with E-state index in [2.05, 4.69) is 37.8 Å². The van der Waals surface area contributed by atoms with E-state index in [4.69, 9.17) is 4.74 Å². The first-order valence-electron chi connectivity index (χ1n) is 9.64. The van der Waals surface area contributed by atoms with Crippen LogP contribution in [-0.2, 0) is 9.53 Å². The fraction of sp³-hybridized carbons (Fsp3) is 0.850. The van der Waals surface area contributed by atoms with Crippen molar-refractivity contribution in [3.63, 3.8) is 0 Å². The molecule has 1 N–H and O–H groups in total. The van der Waals surface area contributed by atoms with E-state index >= 15 is 0 Å². The molecular weight excluding hydrogens is 300 g/mol. The molecule has 24 heavy (non-hydrogen) atoms. The molecule has 0 radical (unpaired) electrons. The predicted molar refractivity (Wildman–Crippen MR) is 96.7 cm³/mol. The van der Waals surface area contributed by atoms with E-state index in [1.54, 1.807) is 0 Å². The van der Waals surface area contributed by atoms with E-state index < -0.39 is 0 Å². The Kier molecular flexibility index (Phi) is 5.36. The molecule has 136 valence electrons. The van der Waals surface area contributed by atoms with Gasteiger partial charge in [-0.05, 0) is 77.0 Å². The number of carbonyl (C=O) groups is 1. The van der Waals surface area contributed by atoms with Crippen LogP contribution < -0.4 is 5.32 Å². The second kappa shape index (κ2) is 7.17. The number of hydrogen-bond acceptors (Lipinski definition) is 4. The highest BCUT2D eigenvalue weighted by Gasteiger charge is 2.54. The zero-order valence-electron chi connectivity index (χ0n) is 15.6. The van der Waals surface area contributed by atoms with Crippen LogP contribution in [0.4, 0.5) is 0 Å². The number of hydrogen-bond donors (Lipinski definition) is 1. The van der Waals surface area contributed by atoms with Gasteiger partial charge in [0.05, 0.1) is 5.92 Å². The third kappa shape index (κ3) is 3.55. The van der Waals surface area contributed by atoms with Gasteiger partial charge >= 0.3 is 5.97 Å². The lowest BCUT2D eigenvalue weighted by molar-refractivity contribution is -0.146. The number of fused-ring (bicyclic) bond motifs is 2. The van der Waals surface area contributed by atoms with Gasteiger partial charge in [0.15, 0.2) is 0 Å². The molecule has 1 aliphatic heterocycles. The van der Waals surface area contributed by atoms with Crippen molar-refractivity contribution in [2.45, 2.75) is 51.6 Å². The van der Waals surface area contributed by atoms with Gasteiger partial charge in [0.1, 0.15) is 6.10 Å². The van der Waals surface area contributed by atoms with Gasteiger partial charge in [-0.15, -0.1) is 0 Å². The zero-order chi connectivity index (χ0) is 17.3. The summed E-state index contributed by atoms with van der Waals surface area (Å²) in [5.41, 5.74) is 1.71. The number of esters is 1. The molecule has 5 atom stereocenters. The second-order valence-electron chi connectivity index (χ2n) is 8.76. The van der Waals surface area contributed by atoms with Gasteiger partial charge in [-0.2, -0.15) is 0 Å². The molecule has 1 saturated heterocycles. The van der Waals surface area contributed by atoms with E-state index in [0.717, 1.165) is 38.9 Å². The Morgan fingerprint density at radius 1 is 1.42 bits per heavy atom. The Hall–Kier alpha value is -0.870. The lowest BCUT2D eigenvalue weighted by Crippen LogP contribution is -2.45. The highest BCUT2D eigenvalue weighted by Crippen LogP contribution is 2.56. The van der Waals surface area contributed by atoms with Crippen molar-refractivity contribution in [2.75, 3.05) is 33.7 Å². The Morgan fingerprint density at radius 2 is 2.21 bits per heavy atom. The van der Waals surface area contributed by atoms with E-state index in [9.17, 15) is 4.79 Å². The SMILES string of the molecule is C=C1CCC[C@]2(C)C[C@H]3OC(=O)[C@@H](CNCCCN(C)C)C3C[C@@H]12. The Balaban J connectivity index is 1.58. The van der Waals surface area contributed by atoms with Gasteiger partial charge in [0.2, 0.25) is 0 Å². The Bertz CT molecular complexity index is 490. The van der Waals surface area contributed by atoms with Crippen molar-refractivity contribution in [2.24, 2.45) is 23.2 Å². The van der Waals surface area contributed by atoms with Crippen LogP contribution >= 0.6 is 0 Å². The maximum Gasteiger partial charge on any atom is 0.310 e. The summed E-state index contributed by atoms with van der Waals surface area (Å²) in [6, 6.07) is 0. The highest BCUT2D eigenvalue weighted by atomic mass is 16.6. The number of allylic oxidation sites excluding steroid dienone is 1. The summed E-state index contributed by atoms with van der Waals surface area (Å²) in [5.74, 6) is 1.02. The maximum atomic E-state index is 12.4. The largest absolute Gasteiger partial charge is 0.462 e. The lowest BCUT2D eigenvalue weighted by Gasteiger charge is -2.50. The summed E-state index contributed by atoms with van der Waals surface area (Å²) in [6.45, 7) is 9.56. The van der Waals surface area contributed by atoms with Gasteiger partial charge in [-0.1, -0.05) is 19.1 Å². The van der Waals surface area contributed by atoms with Crippen LogP contribution in [0.25, 0.3) is 0 Å². The molecule has 3 fully saturated rings. The first kappa shape index (κ1) is 17.9. The van der Waals surface area contributed by atoms with Crippen LogP contribution in [0.2, 0.25) is 0 Å².